The highest BCUT2D eigenvalue weighted by Gasteiger charge is 2.22. The van der Waals surface area contributed by atoms with E-state index in [1.54, 1.807) is 24.9 Å². The summed E-state index contributed by atoms with van der Waals surface area (Å²) in [6, 6.07) is 7.06. The molecule has 1 N–H and O–H groups in total. The van der Waals surface area contributed by atoms with Gasteiger partial charge in [0.05, 0.1) is 6.61 Å². The fourth-order valence-corrected chi connectivity index (χ4v) is 3.26. The van der Waals surface area contributed by atoms with Gasteiger partial charge in [-0.3, -0.25) is 4.98 Å². The Balaban J connectivity index is 2.11. The van der Waals surface area contributed by atoms with E-state index in [1.807, 2.05) is 18.2 Å². The van der Waals surface area contributed by atoms with E-state index in [9.17, 15) is 8.42 Å². The van der Waals surface area contributed by atoms with Crippen molar-refractivity contribution in [2.75, 3.05) is 13.6 Å². The highest BCUT2D eigenvalue weighted by atomic mass is 32.2. The van der Waals surface area contributed by atoms with Gasteiger partial charge in [-0.2, -0.15) is 0 Å². The fourth-order valence-electron chi connectivity index (χ4n) is 1.99. The molecule has 0 atom stereocenters. The van der Waals surface area contributed by atoms with E-state index in [0.717, 1.165) is 5.69 Å². The summed E-state index contributed by atoms with van der Waals surface area (Å²) in [6.45, 7) is 0.159. The number of pyridine rings is 1. The van der Waals surface area contributed by atoms with Gasteiger partial charge >= 0.3 is 0 Å². The van der Waals surface area contributed by atoms with Gasteiger partial charge in [0.2, 0.25) is 10.0 Å². The highest BCUT2D eigenvalue weighted by Crippen LogP contribution is 2.17. The minimum atomic E-state index is -3.55. The van der Waals surface area contributed by atoms with Crippen LogP contribution in [0.25, 0.3) is 0 Å². The summed E-state index contributed by atoms with van der Waals surface area (Å²) in [5.74, 6) is 0. The van der Waals surface area contributed by atoms with Gasteiger partial charge in [0, 0.05) is 50.8 Å². The van der Waals surface area contributed by atoms with Gasteiger partial charge in [0.1, 0.15) is 4.90 Å². The zero-order valence-corrected chi connectivity index (χ0v) is 12.9. The van der Waals surface area contributed by atoms with Crippen LogP contribution in [0, 0.1) is 0 Å². The smallest absolute Gasteiger partial charge is 0.244 e. The molecule has 2 aromatic rings. The summed E-state index contributed by atoms with van der Waals surface area (Å²) in [4.78, 5) is 4.37. The molecule has 0 amide bonds. The predicted octanol–water partition coefficient (Wildman–Crippen LogP) is 0.776. The third kappa shape index (κ3) is 3.49. The van der Waals surface area contributed by atoms with E-state index in [4.69, 9.17) is 5.11 Å². The van der Waals surface area contributed by atoms with Crippen LogP contribution >= 0.6 is 0 Å². The van der Waals surface area contributed by atoms with Crippen LogP contribution < -0.4 is 0 Å². The lowest BCUT2D eigenvalue weighted by atomic mass is 10.3. The molecule has 114 valence electrons. The summed E-state index contributed by atoms with van der Waals surface area (Å²) in [7, 11) is -0.295. The summed E-state index contributed by atoms with van der Waals surface area (Å²) >= 11 is 0. The number of nitrogens with zero attached hydrogens (tertiary/aromatic N) is 3. The van der Waals surface area contributed by atoms with Crippen molar-refractivity contribution in [2.45, 2.75) is 17.9 Å². The van der Waals surface area contributed by atoms with Crippen molar-refractivity contribution >= 4 is 10.0 Å². The Morgan fingerprint density at radius 1 is 1.38 bits per heavy atom. The highest BCUT2D eigenvalue weighted by molar-refractivity contribution is 7.89. The van der Waals surface area contributed by atoms with Gasteiger partial charge in [-0.05, 0) is 18.2 Å². The molecule has 2 aromatic heterocycles. The molecule has 7 heteroatoms. The minimum absolute atomic E-state index is 0.191. The zero-order valence-electron chi connectivity index (χ0n) is 12.1. The number of rotatable bonds is 6. The maximum Gasteiger partial charge on any atom is 0.244 e. The monoisotopic (exact) mass is 309 g/mol. The van der Waals surface area contributed by atoms with E-state index in [2.05, 4.69) is 4.98 Å². The molecule has 0 saturated carbocycles. The van der Waals surface area contributed by atoms with E-state index in [0.29, 0.717) is 18.7 Å². The average Bonchev–Trinajstić information content (AvgIpc) is 2.87. The summed E-state index contributed by atoms with van der Waals surface area (Å²) in [5.41, 5.74) is 1.41. The number of sulfonamides is 1. The van der Waals surface area contributed by atoms with Crippen LogP contribution in [0.3, 0.4) is 0 Å². The first-order valence-electron chi connectivity index (χ1n) is 6.57. The van der Waals surface area contributed by atoms with Gasteiger partial charge in [-0.1, -0.05) is 6.07 Å². The number of aromatic nitrogens is 2. The van der Waals surface area contributed by atoms with Gasteiger partial charge in [-0.15, -0.1) is 0 Å². The molecule has 0 fully saturated rings. The molecule has 0 bridgehead atoms. The van der Waals surface area contributed by atoms with E-state index in [-0.39, 0.29) is 11.5 Å². The second kappa shape index (κ2) is 6.38. The molecule has 0 aromatic carbocycles. The van der Waals surface area contributed by atoms with Crippen LogP contribution in [0.1, 0.15) is 11.4 Å². The zero-order chi connectivity index (χ0) is 15.5. The first-order valence-corrected chi connectivity index (χ1v) is 8.01. The molecule has 0 unspecified atom stereocenters. The standard InChI is InChI=1S/C14H19N3O3S/c1-16-10-14(9-13(16)11-18)21(19,20)17(2)8-6-12-5-3-4-7-15-12/h3-5,7,9-10,18H,6,8,11H2,1-2H3. The number of likely N-dealkylation sites (N-methyl/N-ethyl adjacent to an activating group) is 1. The largest absolute Gasteiger partial charge is 0.390 e. The molecule has 0 spiro atoms. The predicted molar refractivity (Wildman–Crippen MR) is 79.1 cm³/mol. The van der Waals surface area contributed by atoms with Crippen molar-refractivity contribution in [1.82, 2.24) is 13.9 Å². The summed E-state index contributed by atoms with van der Waals surface area (Å²) in [6.07, 6.45) is 3.75. The van der Waals surface area contributed by atoms with Crippen molar-refractivity contribution in [3.05, 3.63) is 48.0 Å². The Kier molecular flexibility index (Phi) is 4.76. The molecule has 0 aliphatic heterocycles. The van der Waals surface area contributed by atoms with Crippen LogP contribution in [-0.4, -0.2) is 41.0 Å². The second-order valence-corrected chi connectivity index (χ2v) is 6.88. The molecule has 6 nitrogen and oxygen atoms in total. The van der Waals surface area contributed by atoms with Gasteiger partial charge in [0.25, 0.3) is 0 Å². The summed E-state index contributed by atoms with van der Waals surface area (Å²) in [5, 5.41) is 9.15. The van der Waals surface area contributed by atoms with E-state index in [1.165, 1.54) is 16.6 Å². The Morgan fingerprint density at radius 2 is 2.14 bits per heavy atom. The molecule has 0 radical (unpaired) electrons. The van der Waals surface area contributed by atoms with E-state index < -0.39 is 10.0 Å². The normalized spacial score (nSPS) is 12.0. The number of hydrogen-bond donors (Lipinski definition) is 1. The molecule has 21 heavy (non-hydrogen) atoms. The molecule has 0 aliphatic rings. The minimum Gasteiger partial charge on any atom is -0.390 e. The Morgan fingerprint density at radius 3 is 2.71 bits per heavy atom. The number of aliphatic hydroxyl groups is 1. The average molecular weight is 309 g/mol. The second-order valence-electron chi connectivity index (χ2n) is 4.83. The maximum absolute atomic E-state index is 12.4. The van der Waals surface area contributed by atoms with Crippen LogP contribution in [0.5, 0.6) is 0 Å². The van der Waals surface area contributed by atoms with Crippen LogP contribution in [0.15, 0.2) is 41.6 Å². The quantitative estimate of drug-likeness (QED) is 0.855. The van der Waals surface area contributed by atoms with Crippen LogP contribution in [0.2, 0.25) is 0 Å². The van der Waals surface area contributed by atoms with E-state index >= 15 is 0 Å². The lowest BCUT2D eigenvalue weighted by Gasteiger charge is -2.15. The molecule has 0 aliphatic carbocycles. The van der Waals surface area contributed by atoms with Crippen molar-refractivity contribution in [3.63, 3.8) is 0 Å². The molecule has 0 saturated heterocycles. The lowest BCUT2D eigenvalue weighted by Crippen LogP contribution is -2.29. The van der Waals surface area contributed by atoms with Crippen molar-refractivity contribution in [3.8, 4) is 0 Å². The topological polar surface area (TPSA) is 75.4 Å². The number of hydrogen-bond acceptors (Lipinski definition) is 4. The van der Waals surface area contributed by atoms with Crippen molar-refractivity contribution in [2.24, 2.45) is 7.05 Å². The first kappa shape index (κ1) is 15.7. The van der Waals surface area contributed by atoms with Gasteiger partial charge in [0.15, 0.2) is 0 Å². The van der Waals surface area contributed by atoms with Crippen LogP contribution in [-0.2, 0) is 30.1 Å². The number of aryl methyl sites for hydroxylation is 1. The third-order valence-electron chi connectivity index (χ3n) is 3.36. The molecule has 2 heterocycles. The van der Waals surface area contributed by atoms with Crippen molar-refractivity contribution in [1.29, 1.82) is 0 Å². The summed E-state index contributed by atoms with van der Waals surface area (Å²) < 4.78 is 27.8. The van der Waals surface area contributed by atoms with Gasteiger partial charge < -0.3 is 9.67 Å². The first-order chi connectivity index (χ1) is 9.95. The number of aliphatic hydroxyl groups excluding tert-OH is 1. The SMILES string of the molecule is CN(CCc1ccccn1)S(=O)(=O)c1cc(CO)n(C)c1. The Labute approximate surface area is 124 Å². The molecular weight excluding hydrogens is 290 g/mol. The van der Waals surface area contributed by atoms with Crippen LogP contribution in [0.4, 0.5) is 0 Å². The Bertz CT molecular complexity index is 696. The fraction of sp³-hybridized carbons (Fsp3) is 0.357. The lowest BCUT2D eigenvalue weighted by molar-refractivity contribution is 0.272. The molecular formula is C14H19N3O3S. The van der Waals surface area contributed by atoms with Crippen molar-refractivity contribution < 1.29 is 13.5 Å². The Hall–Kier alpha value is -1.70. The molecule has 2 rings (SSSR count). The maximum atomic E-state index is 12.4. The third-order valence-corrected chi connectivity index (χ3v) is 5.18. The van der Waals surface area contributed by atoms with Gasteiger partial charge in [-0.25, -0.2) is 12.7 Å².